The molecule has 0 saturated heterocycles. The average Bonchev–Trinajstić information content (AvgIpc) is 1.62. The van der Waals surface area contributed by atoms with Crippen LogP contribution in [0.4, 0.5) is 47.7 Å². The summed E-state index contributed by atoms with van der Waals surface area (Å²) in [4.78, 5) is 86.9. The number of fused-ring (bicyclic) bond motifs is 36. The summed E-state index contributed by atoms with van der Waals surface area (Å²) in [5.74, 6) is 3.01. The number of ether oxygens (including phenoxy) is 3. The number of carbonyl (C=O) groups is 3. The predicted molar refractivity (Wildman–Crippen MR) is 390 cm³/mol. The number of H-pyrrole nitrogens is 3. The van der Waals surface area contributed by atoms with Crippen molar-refractivity contribution >= 4 is 141 Å². The second-order valence-electron chi connectivity index (χ2n) is 24.3. The summed E-state index contributed by atoms with van der Waals surface area (Å²) in [6.07, 6.45) is 18.9. The highest BCUT2D eigenvalue weighted by Crippen LogP contribution is 2.40. The lowest BCUT2D eigenvalue weighted by Gasteiger charge is -2.11. The van der Waals surface area contributed by atoms with Crippen molar-refractivity contribution in [2.45, 2.75) is 99.9 Å². The quantitative estimate of drug-likeness (QED) is 0.0785. The number of halogens is 3. The van der Waals surface area contributed by atoms with Crippen LogP contribution in [0.15, 0.2) is 102 Å². The third kappa shape index (κ3) is 16.6. The molecule has 101 heavy (non-hydrogen) atoms. The van der Waals surface area contributed by atoms with Crippen molar-refractivity contribution < 1.29 is 41.8 Å². The van der Waals surface area contributed by atoms with E-state index in [0.29, 0.717) is 152 Å². The van der Waals surface area contributed by atoms with Crippen LogP contribution in [0.3, 0.4) is 0 Å². The molecule has 12 bridgehead atoms. The number of amides is 1. The molecule has 25 nitrogen and oxygen atoms in total. The number of rotatable bonds is 3. The number of aromatic nitrogens is 12. The van der Waals surface area contributed by atoms with Crippen LogP contribution in [0.1, 0.15) is 100 Å². The number of pyridine rings is 3. The Hall–Kier alpha value is -10.8. The van der Waals surface area contributed by atoms with E-state index >= 15 is 0 Å². The van der Waals surface area contributed by atoms with Crippen molar-refractivity contribution in [2.75, 3.05) is 90.7 Å². The summed E-state index contributed by atoms with van der Waals surface area (Å²) in [6.45, 7) is 2.62. The molecule has 30 heteroatoms. The molecule has 12 aromatic rings. The fraction of sp³-hybridized carbons (Fsp3) is 0.324. The first-order valence-corrected chi connectivity index (χ1v) is 35.6. The molecule has 0 radical (unpaired) electrons. The van der Waals surface area contributed by atoms with Crippen molar-refractivity contribution in [2.24, 2.45) is 0 Å². The lowest BCUT2D eigenvalue weighted by molar-refractivity contribution is -0.118. The Morgan fingerprint density at radius 3 is 1.28 bits per heavy atom. The van der Waals surface area contributed by atoms with Gasteiger partial charge in [0.05, 0.1) is 89.9 Å². The van der Waals surface area contributed by atoms with Crippen molar-refractivity contribution in [3.63, 3.8) is 0 Å². The minimum Gasteiger partial charge on any atom is -0.423 e. The molecule has 10 N–H and O–H groups in total. The Bertz CT molecular complexity index is 5000. The molecule has 3 aromatic carbocycles. The summed E-state index contributed by atoms with van der Waals surface area (Å²) < 4.78 is 60.7. The monoisotopic (exact) mass is 1410 g/mol. The molecule has 0 unspecified atom stereocenters. The van der Waals surface area contributed by atoms with Gasteiger partial charge >= 0.3 is 18.0 Å². The zero-order valence-corrected chi connectivity index (χ0v) is 57.4. The highest BCUT2D eigenvalue weighted by Gasteiger charge is 2.23. The Labute approximate surface area is 585 Å². The Morgan fingerprint density at radius 2 is 0.832 bits per heavy atom. The number of carbonyl (C=O) groups excluding carboxylic acids is 3. The Balaban J connectivity index is 0.000000136. The zero-order chi connectivity index (χ0) is 69.8. The number of anilines is 6. The Morgan fingerprint density at radius 1 is 0.426 bits per heavy atom. The van der Waals surface area contributed by atoms with Crippen LogP contribution in [-0.4, -0.2) is 136 Å². The maximum absolute atomic E-state index is 14.4. The molecule has 5 aliphatic heterocycles. The smallest absolute Gasteiger partial charge is 0.326 e. The first-order chi connectivity index (χ1) is 49.3. The van der Waals surface area contributed by atoms with Gasteiger partial charge in [-0.15, -0.1) is 0 Å². The SMILES string of the molecule is CNc1cc(F)cc2c1[nH]c1nc3nc(c12)NCCCCCCCC(=O)CSc1ccc(cn1)O3.CNc1cc(F)cc2c1[nH]c1nc3nc(c12)NCCCCCCCC(=O)c1cncc(c1)O3.CNc1cc(F)cc2c1[nH]c1nc3nc(c12)NCCCCNC(=O)CSc1ccc(cn1)O3. The summed E-state index contributed by atoms with van der Waals surface area (Å²) in [5.41, 5.74) is 6.25. The maximum atomic E-state index is 14.4. The van der Waals surface area contributed by atoms with Crippen molar-refractivity contribution in [3.8, 4) is 35.3 Å². The summed E-state index contributed by atoms with van der Waals surface area (Å²) in [5, 5.41) is 27.8. The summed E-state index contributed by atoms with van der Waals surface area (Å²) >= 11 is 2.80. The number of nitrogens with zero attached hydrogens (tertiary/aromatic N) is 9. The fourth-order valence-electron chi connectivity index (χ4n) is 12.2. The van der Waals surface area contributed by atoms with Crippen LogP contribution in [0, 0.1) is 17.5 Å². The number of hydrogen-bond donors (Lipinski definition) is 10. The average molecular weight is 1410 g/mol. The van der Waals surface area contributed by atoms with Crippen LogP contribution in [0.5, 0.6) is 35.3 Å². The van der Waals surface area contributed by atoms with Gasteiger partial charge in [-0.25, -0.2) is 23.1 Å². The molecule has 0 saturated carbocycles. The van der Waals surface area contributed by atoms with Gasteiger partial charge in [0.25, 0.3) is 0 Å². The minimum atomic E-state index is -0.357. The molecule has 0 aliphatic carbocycles. The molecule has 14 heterocycles. The maximum Gasteiger partial charge on any atom is 0.326 e. The highest BCUT2D eigenvalue weighted by atomic mass is 32.2. The van der Waals surface area contributed by atoms with Gasteiger partial charge in [-0.3, -0.25) is 19.4 Å². The van der Waals surface area contributed by atoms with E-state index < -0.39 is 0 Å². The van der Waals surface area contributed by atoms with Crippen LogP contribution >= 0.6 is 23.5 Å². The highest BCUT2D eigenvalue weighted by molar-refractivity contribution is 8.00. The zero-order valence-electron chi connectivity index (χ0n) is 55.7. The third-order valence-corrected chi connectivity index (χ3v) is 19.1. The van der Waals surface area contributed by atoms with Gasteiger partial charge < -0.3 is 66.4 Å². The molecule has 0 atom stereocenters. The molecule has 0 spiro atoms. The van der Waals surface area contributed by atoms with Gasteiger partial charge in [0.2, 0.25) is 5.91 Å². The van der Waals surface area contributed by atoms with E-state index in [1.807, 2.05) is 6.07 Å². The van der Waals surface area contributed by atoms with E-state index in [-0.39, 0.29) is 53.0 Å². The second-order valence-corrected chi connectivity index (χ2v) is 26.3. The predicted octanol–water partition coefficient (Wildman–Crippen LogP) is 15.2. The molecule has 17 rings (SSSR count). The normalized spacial score (nSPS) is 15.4. The van der Waals surface area contributed by atoms with Gasteiger partial charge in [0, 0.05) is 88.1 Å². The molecular formula is C71H74F3N19O6S2. The van der Waals surface area contributed by atoms with E-state index in [9.17, 15) is 27.6 Å². The number of nitrogens with one attached hydrogen (secondary N) is 10. The first kappa shape index (κ1) is 68.8. The number of aromatic amines is 3. The van der Waals surface area contributed by atoms with Crippen LogP contribution in [0.25, 0.3) is 65.8 Å². The van der Waals surface area contributed by atoms with Gasteiger partial charge in [-0.2, -0.15) is 29.9 Å². The van der Waals surface area contributed by atoms with Crippen LogP contribution < -0.4 is 51.4 Å². The van der Waals surface area contributed by atoms with Crippen molar-refractivity contribution in [1.29, 1.82) is 0 Å². The molecule has 1 amide bonds. The number of benzene rings is 3. The van der Waals surface area contributed by atoms with Gasteiger partial charge in [0.1, 0.15) is 74.9 Å². The summed E-state index contributed by atoms with van der Waals surface area (Å²) in [6, 6.07) is 18.0. The largest absolute Gasteiger partial charge is 0.423 e. The molecule has 9 aromatic heterocycles. The van der Waals surface area contributed by atoms with Crippen LogP contribution in [0.2, 0.25) is 0 Å². The second kappa shape index (κ2) is 32.1. The van der Waals surface area contributed by atoms with E-state index in [0.717, 1.165) is 109 Å². The van der Waals surface area contributed by atoms with Crippen molar-refractivity contribution in [3.05, 3.63) is 115 Å². The van der Waals surface area contributed by atoms with E-state index in [1.54, 1.807) is 64.0 Å². The molecular weight excluding hydrogens is 1340 g/mol. The van der Waals surface area contributed by atoms with Gasteiger partial charge in [-0.05, 0) is 105 Å². The number of thioether (sulfide) groups is 2. The fourth-order valence-corrected chi connectivity index (χ4v) is 13.6. The van der Waals surface area contributed by atoms with Gasteiger partial charge in [0.15, 0.2) is 5.78 Å². The lowest BCUT2D eigenvalue weighted by Crippen LogP contribution is -2.26. The standard InChI is InChI=1S/C25H27FN6O2S.C24H25FN6O2.C22H22FN7O2S/c1-27-19-12-15(26)11-18-21-23-28-10-6-4-2-3-5-7-16(33)14-35-20-9-8-17(13-29-20)34-25(31-23)32-24(21)30-22(18)19;1-26-18-11-15(25)10-17-20-22-28-8-6-4-2-3-5-7-19(32)14-9-16(13-27-12-14)33-24(30-22)31-23(20)29-21(17)18;1-24-15-9-12(23)8-14-18-20-26-7-3-2-6-25-16(31)11-33-17-5-4-13(10-27-17)32-22(29-20)30-21(18)28-19(14)15/h8-9,11-13,27H,2-7,10,14H2,1H3,(H2,28,30,31,32);9-13,26H,2-8H2,1H3,(H2,28,29,30,31);4-5,8-10,24H,2-3,6-7,11H2,1H3,(H,25,31)(H2,26,28,29,30). The number of ketones is 2. The first-order valence-electron chi connectivity index (χ1n) is 33.6. The third-order valence-electron chi connectivity index (χ3n) is 17.2. The molecule has 5 aliphatic rings. The molecule has 0 fully saturated rings. The number of hydrogen-bond acceptors (Lipinski definition) is 23. The topological polar surface area (TPSA) is 326 Å². The minimum absolute atomic E-state index is 0.0280. The Kier molecular flexibility index (Phi) is 21.8. The van der Waals surface area contributed by atoms with E-state index in [1.165, 1.54) is 66.1 Å². The van der Waals surface area contributed by atoms with Crippen molar-refractivity contribution in [1.82, 2.24) is 65.1 Å². The van der Waals surface area contributed by atoms with Crippen LogP contribution in [-0.2, 0) is 9.59 Å². The van der Waals surface area contributed by atoms with Gasteiger partial charge in [-0.1, -0.05) is 62.0 Å². The van der Waals surface area contributed by atoms with E-state index in [2.05, 4.69) is 97.0 Å². The lowest BCUT2D eigenvalue weighted by atomic mass is 10.0. The summed E-state index contributed by atoms with van der Waals surface area (Å²) in [7, 11) is 5.23. The molecule has 522 valence electrons. The number of Topliss-reactive ketones (excluding diaryl/α,β-unsaturated/α-hetero) is 2. The van der Waals surface area contributed by atoms with E-state index in [4.69, 9.17) is 14.2 Å².